The Morgan fingerprint density at radius 1 is 1.10 bits per heavy atom. The van der Waals surface area contributed by atoms with Crippen LogP contribution in [-0.4, -0.2) is 10.4 Å². The van der Waals surface area contributed by atoms with Gasteiger partial charge in [-0.3, -0.25) is 0 Å². The predicted octanol–water partition coefficient (Wildman–Crippen LogP) is 3.85. The topological polar surface area (TPSA) is 43.3 Å². The average molecular weight is 263 g/mol. The van der Waals surface area contributed by atoms with Gasteiger partial charge in [-0.2, -0.15) is 0 Å². The Kier molecular flexibility index (Phi) is 3.03. The smallest absolute Gasteiger partial charge is 0.0964 e. The predicted molar refractivity (Wildman–Crippen MR) is 85.3 cm³/mol. The molecule has 0 aliphatic heterocycles. The summed E-state index contributed by atoms with van der Waals surface area (Å²) in [6, 6.07) is 16.6. The van der Waals surface area contributed by atoms with Crippen molar-refractivity contribution in [3.63, 3.8) is 0 Å². The number of aryl methyl sites for hydroxylation is 1. The number of fused-ring (bicyclic) bond motifs is 1. The standard InChI is InChI=1S/C17H17N3/c1-12(18)19-14-8-9-17-15(10-14)16(11-20(17)2)13-6-4-3-5-7-13/h3-11H,1-2H3,(H2,18,19). The molecule has 3 rings (SSSR count). The Balaban J connectivity index is 2.25. The fourth-order valence-corrected chi connectivity index (χ4v) is 2.50. The van der Waals surface area contributed by atoms with E-state index < -0.39 is 0 Å². The minimum absolute atomic E-state index is 0.571. The largest absolute Gasteiger partial charge is 0.387 e. The van der Waals surface area contributed by atoms with Crippen molar-refractivity contribution in [1.29, 1.82) is 0 Å². The van der Waals surface area contributed by atoms with E-state index in [0.717, 1.165) is 5.69 Å². The number of amidine groups is 1. The van der Waals surface area contributed by atoms with Crippen LogP contribution in [0.15, 0.2) is 59.7 Å². The number of nitrogens with two attached hydrogens (primary N) is 1. The molecule has 1 heterocycles. The molecule has 0 bridgehead atoms. The molecule has 3 nitrogen and oxygen atoms in total. The van der Waals surface area contributed by atoms with Crippen LogP contribution in [0.25, 0.3) is 22.0 Å². The molecule has 2 aromatic carbocycles. The lowest BCUT2D eigenvalue weighted by molar-refractivity contribution is 0.970. The summed E-state index contributed by atoms with van der Waals surface area (Å²) in [6.45, 7) is 1.80. The number of nitrogens with zero attached hydrogens (tertiary/aromatic N) is 2. The van der Waals surface area contributed by atoms with Gasteiger partial charge in [0, 0.05) is 29.7 Å². The molecular formula is C17H17N3. The number of benzene rings is 2. The van der Waals surface area contributed by atoms with E-state index in [9.17, 15) is 0 Å². The minimum Gasteiger partial charge on any atom is -0.387 e. The molecule has 3 heteroatoms. The van der Waals surface area contributed by atoms with Crippen LogP contribution in [0.3, 0.4) is 0 Å². The van der Waals surface area contributed by atoms with E-state index in [1.54, 1.807) is 6.92 Å². The lowest BCUT2D eigenvalue weighted by atomic mass is 10.0. The fraction of sp³-hybridized carbons (Fsp3) is 0.118. The van der Waals surface area contributed by atoms with Gasteiger partial charge in [-0.25, -0.2) is 4.99 Å². The second-order valence-electron chi connectivity index (χ2n) is 4.97. The van der Waals surface area contributed by atoms with Crippen LogP contribution in [0, 0.1) is 0 Å². The molecule has 2 N–H and O–H groups in total. The van der Waals surface area contributed by atoms with Crippen molar-refractivity contribution in [1.82, 2.24) is 4.57 Å². The van der Waals surface area contributed by atoms with E-state index in [4.69, 9.17) is 5.73 Å². The van der Waals surface area contributed by atoms with Gasteiger partial charge >= 0.3 is 0 Å². The molecular weight excluding hydrogens is 246 g/mol. The Morgan fingerprint density at radius 3 is 2.55 bits per heavy atom. The quantitative estimate of drug-likeness (QED) is 0.554. The Hall–Kier alpha value is -2.55. The van der Waals surface area contributed by atoms with Crippen molar-refractivity contribution in [3.05, 3.63) is 54.7 Å². The van der Waals surface area contributed by atoms with Crippen molar-refractivity contribution < 1.29 is 0 Å². The van der Waals surface area contributed by atoms with Gasteiger partial charge in [0.25, 0.3) is 0 Å². The molecule has 0 radical (unpaired) electrons. The van der Waals surface area contributed by atoms with Crippen LogP contribution in [0.4, 0.5) is 5.69 Å². The monoisotopic (exact) mass is 263 g/mol. The van der Waals surface area contributed by atoms with E-state index in [1.165, 1.54) is 22.0 Å². The summed E-state index contributed by atoms with van der Waals surface area (Å²) < 4.78 is 2.14. The molecule has 100 valence electrons. The van der Waals surface area contributed by atoms with Gasteiger partial charge in [0.15, 0.2) is 0 Å². The first-order valence-electron chi connectivity index (χ1n) is 6.60. The summed E-state index contributed by atoms with van der Waals surface area (Å²) in [7, 11) is 2.06. The van der Waals surface area contributed by atoms with Crippen molar-refractivity contribution in [2.75, 3.05) is 0 Å². The van der Waals surface area contributed by atoms with Gasteiger partial charge in [-0.15, -0.1) is 0 Å². The van der Waals surface area contributed by atoms with Gasteiger partial charge in [0.1, 0.15) is 0 Å². The molecule has 0 aliphatic rings. The van der Waals surface area contributed by atoms with E-state index in [2.05, 4.69) is 59.2 Å². The lowest BCUT2D eigenvalue weighted by Crippen LogP contribution is -2.03. The molecule has 0 saturated heterocycles. The van der Waals surface area contributed by atoms with Crippen molar-refractivity contribution in [2.24, 2.45) is 17.8 Å². The first-order valence-corrected chi connectivity index (χ1v) is 6.60. The highest BCUT2D eigenvalue weighted by molar-refractivity contribution is 5.98. The van der Waals surface area contributed by atoms with Gasteiger partial charge < -0.3 is 10.3 Å². The molecule has 0 fully saturated rings. The maximum atomic E-state index is 5.67. The van der Waals surface area contributed by atoms with Crippen LogP contribution >= 0.6 is 0 Å². The molecule has 0 spiro atoms. The third-order valence-electron chi connectivity index (χ3n) is 3.36. The highest BCUT2D eigenvalue weighted by atomic mass is 14.9. The van der Waals surface area contributed by atoms with Gasteiger partial charge in [0.05, 0.1) is 11.5 Å². The minimum atomic E-state index is 0.571. The third-order valence-corrected chi connectivity index (χ3v) is 3.36. The maximum Gasteiger partial charge on any atom is 0.0964 e. The molecule has 0 saturated carbocycles. The molecule has 20 heavy (non-hydrogen) atoms. The average Bonchev–Trinajstić information content (AvgIpc) is 2.76. The van der Waals surface area contributed by atoms with Gasteiger partial charge in [0.2, 0.25) is 0 Å². The molecule has 0 unspecified atom stereocenters. The summed E-state index contributed by atoms with van der Waals surface area (Å²) in [4.78, 5) is 4.34. The van der Waals surface area contributed by atoms with Crippen LogP contribution < -0.4 is 5.73 Å². The summed E-state index contributed by atoms with van der Waals surface area (Å²) in [5.74, 6) is 0.571. The fourth-order valence-electron chi connectivity index (χ4n) is 2.50. The zero-order chi connectivity index (χ0) is 14.1. The highest BCUT2D eigenvalue weighted by Gasteiger charge is 2.08. The maximum absolute atomic E-state index is 5.67. The van der Waals surface area contributed by atoms with E-state index in [-0.39, 0.29) is 0 Å². The number of aromatic nitrogens is 1. The molecule has 0 aliphatic carbocycles. The third kappa shape index (κ3) is 2.18. The van der Waals surface area contributed by atoms with Crippen LogP contribution in [0.5, 0.6) is 0 Å². The van der Waals surface area contributed by atoms with E-state index in [1.807, 2.05) is 12.1 Å². The summed E-state index contributed by atoms with van der Waals surface area (Å²) in [6.07, 6.45) is 2.16. The first kappa shape index (κ1) is 12.5. The molecule has 0 amide bonds. The Bertz CT molecular complexity index is 779. The van der Waals surface area contributed by atoms with Crippen LogP contribution in [0.2, 0.25) is 0 Å². The zero-order valence-corrected chi connectivity index (χ0v) is 11.7. The zero-order valence-electron chi connectivity index (χ0n) is 11.7. The van der Waals surface area contributed by atoms with E-state index >= 15 is 0 Å². The van der Waals surface area contributed by atoms with E-state index in [0.29, 0.717) is 5.84 Å². The number of aliphatic imine (C=N–C) groups is 1. The second kappa shape index (κ2) is 4.85. The number of hydrogen-bond donors (Lipinski definition) is 1. The second-order valence-corrected chi connectivity index (χ2v) is 4.97. The number of hydrogen-bond acceptors (Lipinski definition) is 1. The molecule has 1 aromatic heterocycles. The van der Waals surface area contributed by atoms with Crippen molar-refractivity contribution >= 4 is 22.4 Å². The number of rotatable bonds is 2. The van der Waals surface area contributed by atoms with Crippen molar-refractivity contribution in [2.45, 2.75) is 6.92 Å². The Labute approximate surface area is 118 Å². The summed E-state index contributed by atoms with van der Waals surface area (Å²) >= 11 is 0. The normalized spacial score (nSPS) is 12.0. The first-order chi connectivity index (χ1) is 9.65. The molecule has 3 aromatic rings. The van der Waals surface area contributed by atoms with Crippen LogP contribution in [-0.2, 0) is 7.05 Å². The van der Waals surface area contributed by atoms with Crippen molar-refractivity contribution in [3.8, 4) is 11.1 Å². The summed E-state index contributed by atoms with van der Waals surface area (Å²) in [5, 5.41) is 1.20. The van der Waals surface area contributed by atoms with Gasteiger partial charge in [-0.05, 0) is 30.7 Å². The molecule has 0 atom stereocenters. The lowest BCUT2D eigenvalue weighted by Gasteiger charge is -2.01. The SMILES string of the molecule is CC(N)=Nc1ccc2c(c1)c(-c1ccccc1)cn2C. The highest BCUT2D eigenvalue weighted by Crippen LogP contribution is 2.32. The summed E-state index contributed by atoms with van der Waals surface area (Å²) in [5.41, 5.74) is 10.2. The van der Waals surface area contributed by atoms with Gasteiger partial charge in [-0.1, -0.05) is 30.3 Å². The van der Waals surface area contributed by atoms with Crippen LogP contribution in [0.1, 0.15) is 6.92 Å². The Morgan fingerprint density at radius 2 is 1.85 bits per heavy atom.